The number of fused-ring (bicyclic) bond motifs is 1. The lowest BCUT2D eigenvalue weighted by Gasteiger charge is -2.03. The molecular weight excluding hydrogens is 240 g/mol. The predicted octanol–water partition coefficient (Wildman–Crippen LogP) is 3.25. The van der Waals surface area contributed by atoms with E-state index in [0.717, 1.165) is 33.7 Å². The number of nitrogens with one attached hydrogen (secondary N) is 1. The number of aromatic amines is 1. The van der Waals surface area contributed by atoms with Crippen molar-refractivity contribution in [1.29, 1.82) is 0 Å². The van der Waals surface area contributed by atoms with Crippen molar-refractivity contribution in [3.63, 3.8) is 0 Å². The van der Waals surface area contributed by atoms with Crippen LogP contribution < -0.4 is 4.74 Å². The van der Waals surface area contributed by atoms with Crippen LogP contribution >= 0.6 is 0 Å². The van der Waals surface area contributed by atoms with Crippen molar-refractivity contribution in [2.24, 2.45) is 0 Å². The summed E-state index contributed by atoms with van der Waals surface area (Å²) in [5.41, 5.74) is 3.50. The maximum Gasteiger partial charge on any atom is 0.138 e. The minimum Gasteiger partial charge on any atom is -0.508 e. The number of imidazole rings is 1. The first kappa shape index (κ1) is 11.6. The second kappa shape index (κ2) is 4.31. The van der Waals surface area contributed by atoms with E-state index >= 15 is 0 Å². The number of ether oxygens (including phenoxy) is 1. The molecule has 0 unspecified atom stereocenters. The molecule has 19 heavy (non-hydrogen) atoms. The molecule has 0 fully saturated rings. The van der Waals surface area contributed by atoms with Gasteiger partial charge in [-0.2, -0.15) is 0 Å². The molecule has 0 saturated carbocycles. The van der Waals surface area contributed by atoms with Crippen LogP contribution in [0.4, 0.5) is 0 Å². The molecular formula is C15H14N2O2. The zero-order valence-corrected chi connectivity index (χ0v) is 10.8. The minimum atomic E-state index is 0.274. The molecule has 0 aliphatic carbocycles. The molecule has 1 aromatic heterocycles. The van der Waals surface area contributed by atoms with Crippen LogP contribution in [0.5, 0.6) is 11.5 Å². The largest absolute Gasteiger partial charge is 0.508 e. The first-order valence-electron chi connectivity index (χ1n) is 6.02. The average Bonchev–Trinajstić information content (AvgIpc) is 2.84. The van der Waals surface area contributed by atoms with Crippen LogP contribution in [-0.2, 0) is 0 Å². The summed E-state index contributed by atoms with van der Waals surface area (Å²) in [6.07, 6.45) is 0. The van der Waals surface area contributed by atoms with Crippen molar-refractivity contribution >= 4 is 11.0 Å². The van der Waals surface area contributed by atoms with Gasteiger partial charge in [-0.1, -0.05) is 12.1 Å². The summed E-state index contributed by atoms with van der Waals surface area (Å²) in [4.78, 5) is 7.79. The molecule has 4 nitrogen and oxygen atoms in total. The van der Waals surface area contributed by atoms with Crippen molar-refractivity contribution in [2.45, 2.75) is 6.92 Å². The van der Waals surface area contributed by atoms with E-state index in [9.17, 15) is 5.11 Å². The molecule has 0 amide bonds. The number of nitrogens with zero attached hydrogens (tertiary/aromatic N) is 1. The number of aromatic nitrogens is 2. The molecule has 0 radical (unpaired) electrons. The van der Waals surface area contributed by atoms with Crippen LogP contribution in [0.2, 0.25) is 0 Å². The zero-order chi connectivity index (χ0) is 13.4. The molecule has 3 rings (SSSR count). The van der Waals surface area contributed by atoms with Gasteiger partial charge < -0.3 is 14.8 Å². The molecule has 3 aromatic rings. The number of aromatic hydroxyl groups is 1. The lowest BCUT2D eigenvalue weighted by molar-refractivity contribution is 0.415. The Kier molecular flexibility index (Phi) is 2.63. The van der Waals surface area contributed by atoms with E-state index in [-0.39, 0.29) is 5.75 Å². The van der Waals surface area contributed by atoms with Gasteiger partial charge in [0.2, 0.25) is 0 Å². The highest BCUT2D eigenvalue weighted by atomic mass is 16.5. The minimum absolute atomic E-state index is 0.274. The van der Waals surface area contributed by atoms with Gasteiger partial charge in [-0.05, 0) is 25.1 Å². The summed E-state index contributed by atoms with van der Waals surface area (Å²) >= 11 is 0. The normalized spacial score (nSPS) is 10.8. The van der Waals surface area contributed by atoms with Crippen LogP contribution in [-0.4, -0.2) is 22.2 Å². The number of phenolic OH excluding ortho intramolecular Hbond substituents is 1. The number of phenols is 1. The average molecular weight is 254 g/mol. The number of rotatable bonds is 2. The highest BCUT2D eigenvalue weighted by Crippen LogP contribution is 2.29. The Morgan fingerprint density at radius 3 is 2.84 bits per heavy atom. The third kappa shape index (κ3) is 1.91. The van der Waals surface area contributed by atoms with Crippen molar-refractivity contribution in [3.05, 3.63) is 42.0 Å². The van der Waals surface area contributed by atoms with Crippen LogP contribution in [0.3, 0.4) is 0 Å². The molecule has 0 saturated heterocycles. The highest BCUT2D eigenvalue weighted by Gasteiger charge is 2.10. The summed E-state index contributed by atoms with van der Waals surface area (Å²) in [5.74, 6) is 1.81. The van der Waals surface area contributed by atoms with Gasteiger partial charge in [0.25, 0.3) is 0 Å². The topological polar surface area (TPSA) is 58.1 Å². The second-order valence-corrected chi connectivity index (χ2v) is 4.42. The van der Waals surface area contributed by atoms with Crippen molar-refractivity contribution in [3.8, 4) is 22.9 Å². The van der Waals surface area contributed by atoms with Gasteiger partial charge in [-0.25, -0.2) is 4.98 Å². The molecule has 0 aliphatic heterocycles. The van der Waals surface area contributed by atoms with E-state index in [1.807, 2.05) is 37.3 Å². The fraction of sp³-hybridized carbons (Fsp3) is 0.133. The van der Waals surface area contributed by atoms with E-state index in [1.54, 1.807) is 13.2 Å². The van der Waals surface area contributed by atoms with Gasteiger partial charge in [-0.15, -0.1) is 0 Å². The lowest BCUT2D eigenvalue weighted by atomic mass is 10.1. The molecule has 96 valence electrons. The Labute approximate surface area is 110 Å². The first-order valence-corrected chi connectivity index (χ1v) is 6.02. The smallest absolute Gasteiger partial charge is 0.138 e. The van der Waals surface area contributed by atoms with E-state index in [0.29, 0.717) is 0 Å². The van der Waals surface area contributed by atoms with Crippen LogP contribution in [0.15, 0.2) is 36.4 Å². The number of hydrogen-bond acceptors (Lipinski definition) is 3. The van der Waals surface area contributed by atoms with Gasteiger partial charge in [-0.3, -0.25) is 0 Å². The zero-order valence-electron chi connectivity index (χ0n) is 10.8. The lowest BCUT2D eigenvalue weighted by Crippen LogP contribution is -1.85. The van der Waals surface area contributed by atoms with Gasteiger partial charge >= 0.3 is 0 Å². The molecule has 0 bridgehead atoms. The summed E-state index contributed by atoms with van der Waals surface area (Å²) in [5, 5.41) is 9.76. The van der Waals surface area contributed by atoms with Crippen LogP contribution in [0.1, 0.15) is 5.56 Å². The fourth-order valence-corrected chi connectivity index (χ4v) is 2.12. The molecule has 1 heterocycles. The summed E-state index contributed by atoms with van der Waals surface area (Å²) < 4.78 is 5.19. The monoisotopic (exact) mass is 254 g/mol. The first-order chi connectivity index (χ1) is 9.19. The standard InChI is InChI=1S/C15H14N2O2/c1-9-11(4-3-5-14(9)18)15-16-12-7-6-10(19-2)8-13(12)17-15/h3-8,18H,1-2H3,(H,16,17). The van der Waals surface area contributed by atoms with Gasteiger partial charge in [0.15, 0.2) is 0 Å². The van der Waals surface area contributed by atoms with Crippen LogP contribution in [0.25, 0.3) is 22.4 Å². The summed E-state index contributed by atoms with van der Waals surface area (Å²) in [6.45, 7) is 1.87. The van der Waals surface area contributed by atoms with Crippen LogP contribution in [0, 0.1) is 6.92 Å². The van der Waals surface area contributed by atoms with Crippen molar-refractivity contribution < 1.29 is 9.84 Å². The number of hydrogen-bond donors (Lipinski definition) is 2. The van der Waals surface area contributed by atoms with Crippen molar-refractivity contribution in [2.75, 3.05) is 7.11 Å². The molecule has 2 aromatic carbocycles. The summed E-state index contributed by atoms with van der Waals surface area (Å²) in [6, 6.07) is 11.1. The SMILES string of the molecule is COc1ccc2nc(-c3cccc(O)c3C)[nH]c2c1. The highest BCUT2D eigenvalue weighted by molar-refractivity contribution is 5.81. The third-order valence-corrected chi connectivity index (χ3v) is 3.25. The predicted molar refractivity (Wildman–Crippen MR) is 74.5 cm³/mol. The fourth-order valence-electron chi connectivity index (χ4n) is 2.12. The Bertz CT molecular complexity index is 747. The maximum absolute atomic E-state index is 9.76. The quantitative estimate of drug-likeness (QED) is 0.738. The maximum atomic E-state index is 9.76. The van der Waals surface area contributed by atoms with E-state index in [4.69, 9.17) is 4.74 Å². The Hall–Kier alpha value is -2.49. The Balaban J connectivity index is 2.18. The van der Waals surface area contributed by atoms with Gasteiger partial charge in [0, 0.05) is 17.2 Å². The van der Waals surface area contributed by atoms with E-state index in [1.165, 1.54) is 0 Å². The molecule has 0 atom stereocenters. The Morgan fingerprint density at radius 1 is 1.21 bits per heavy atom. The second-order valence-electron chi connectivity index (χ2n) is 4.42. The third-order valence-electron chi connectivity index (χ3n) is 3.25. The van der Waals surface area contributed by atoms with E-state index in [2.05, 4.69) is 9.97 Å². The van der Waals surface area contributed by atoms with Gasteiger partial charge in [0.1, 0.15) is 17.3 Å². The van der Waals surface area contributed by atoms with E-state index < -0.39 is 0 Å². The number of benzene rings is 2. The Morgan fingerprint density at radius 2 is 2.05 bits per heavy atom. The molecule has 0 spiro atoms. The molecule has 4 heteroatoms. The molecule has 2 N–H and O–H groups in total. The number of methoxy groups -OCH3 is 1. The summed E-state index contributed by atoms with van der Waals surface area (Å²) in [7, 11) is 1.64. The van der Waals surface area contributed by atoms with Gasteiger partial charge in [0.05, 0.1) is 18.1 Å². The molecule has 0 aliphatic rings. The number of H-pyrrole nitrogens is 1. The van der Waals surface area contributed by atoms with Crippen molar-refractivity contribution in [1.82, 2.24) is 9.97 Å².